The number of fused-ring (bicyclic) bond motifs is 1. The van der Waals surface area contributed by atoms with Crippen LogP contribution in [0.25, 0.3) is 6.08 Å². The van der Waals surface area contributed by atoms with Crippen LogP contribution in [0.5, 0.6) is 17.2 Å². The molecule has 0 unspecified atom stereocenters. The van der Waals surface area contributed by atoms with E-state index in [0.29, 0.717) is 0 Å². The summed E-state index contributed by atoms with van der Waals surface area (Å²) in [4.78, 5) is 0. The molecule has 3 nitrogen and oxygen atoms in total. The molecule has 0 saturated heterocycles. The maximum Gasteiger partial charge on any atom is 0.164 e. The smallest absolute Gasteiger partial charge is 0.164 e. The number of hydrogen-bond acceptors (Lipinski definition) is 3. The maximum absolute atomic E-state index is 5.96. The van der Waals surface area contributed by atoms with Crippen LogP contribution in [0.15, 0.2) is 18.2 Å². The van der Waals surface area contributed by atoms with E-state index in [1.54, 1.807) is 7.11 Å². The van der Waals surface area contributed by atoms with Crippen LogP contribution in [-0.2, 0) is 0 Å². The van der Waals surface area contributed by atoms with Gasteiger partial charge in [-0.05, 0) is 32.4 Å². The summed E-state index contributed by atoms with van der Waals surface area (Å²) in [6, 6.07) is 3.93. The van der Waals surface area contributed by atoms with Crippen molar-refractivity contribution >= 4 is 6.08 Å². The van der Waals surface area contributed by atoms with Crippen molar-refractivity contribution in [2.45, 2.75) is 58.5 Å². The summed E-state index contributed by atoms with van der Waals surface area (Å²) in [5.41, 5.74) is 0.765. The molecule has 0 N–H and O–H groups in total. The molecular formula is C19H28O3. The zero-order valence-corrected chi connectivity index (χ0v) is 14.3. The van der Waals surface area contributed by atoms with Crippen molar-refractivity contribution in [3.63, 3.8) is 0 Å². The van der Waals surface area contributed by atoms with Crippen LogP contribution < -0.4 is 14.2 Å². The maximum atomic E-state index is 5.96. The van der Waals surface area contributed by atoms with Crippen LogP contribution in [0, 0.1) is 0 Å². The SMILES string of the molecule is CCCCCCCOc1cc2c(cc1OC)OC(C)(C)C=C2. The molecule has 0 spiro atoms. The largest absolute Gasteiger partial charge is 0.493 e. The summed E-state index contributed by atoms with van der Waals surface area (Å²) < 4.78 is 17.3. The Morgan fingerprint density at radius 1 is 1.05 bits per heavy atom. The summed E-state index contributed by atoms with van der Waals surface area (Å²) in [5.74, 6) is 2.38. The molecule has 0 aromatic heterocycles. The van der Waals surface area contributed by atoms with Gasteiger partial charge in [-0.1, -0.05) is 38.7 Å². The van der Waals surface area contributed by atoms with Crippen molar-refractivity contribution in [3.8, 4) is 17.2 Å². The highest BCUT2D eigenvalue weighted by molar-refractivity contribution is 5.66. The first-order valence-electron chi connectivity index (χ1n) is 8.29. The van der Waals surface area contributed by atoms with Gasteiger partial charge < -0.3 is 14.2 Å². The minimum Gasteiger partial charge on any atom is -0.493 e. The fraction of sp³-hybridized carbons (Fsp3) is 0.579. The van der Waals surface area contributed by atoms with Gasteiger partial charge in [0.1, 0.15) is 11.4 Å². The highest BCUT2D eigenvalue weighted by atomic mass is 16.5. The molecule has 122 valence electrons. The Kier molecular flexibility index (Phi) is 5.76. The molecule has 1 aromatic carbocycles. The molecule has 1 aliphatic heterocycles. The summed E-state index contributed by atoms with van der Waals surface area (Å²) in [5, 5.41) is 0. The quantitative estimate of drug-likeness (QED) is 0.616. The molecule has 0 fully saturated rings. The Balaban J connectivity index is 2.00. The molecule has 22 heavy (non-hydrogen) atoms. The van der Waals surface area contributed by atoms with Gasteiger partial charge >= 0.3 is 0 Å². The van der Waals surface area contributed by atoms with Crippen molar-refractivity contribution in [2.75, 3.05) is 13.7 Å². The van der Waals surface area contributed by atoms with Crippen LogP contribution in [0.1, 0.15) is 58.4 Å². The van der Waals surface area contributed by atoms with Crippen LogP contribution >= 0.6 is 0 Å². The standard InChI is InChI=1S/C19H28O3/c1-5-6-7-8-9-12-21-18-13-15-10-11-19(2,3)22-16(15)14-17(18)20-4/h10-11,13-14H,5-9,12H2,1-4H3. The number of unbranched alkanes of at least 4 members (excludes halogenated alkanes) is 4. The molecule has 0 amide bonds. The second-order valence-electron chi connectivity index (χ2n) is 6.34. The lowest BCUT2D eigenvalue weighted by atomic mass is 10.0. The molecule has 0 atom stereocenters. The number of methoxy groups -OCH3 is 1. The molecule has 1 aliphatic rings. The second-order valence-corrected chi connectivity index (χ2v) is 6.34. The van der Waals surface area contributed by atoms with E-state index in [9.17, 15) is 0 Å². The minimum absolute atomic E-state index is 0.278. The molecule has 1 heterocycles. The van der Waals surface area contributed by atoms with Crippen molar-refractivity contribution in [2.24, 2.45) is 0 Å². The lowest BCUT2D eigenvalue weighted by Gasteiger charge is -2.28. The van der Waals surface area contributed by atoms with Gasteiger partial charge in [-0.25, -0.2) is 0 Å². The predicted molar refractivity (Wildman–Crippen MR) is 91.0 cm³/mol. The van der Waals surface area contributed by atoms with Gasteiger partial charge in [0.05, 0.1) is 13.7 Å². The molecule has 0 bridgehead atoms. The van der Waals surface area contributed by atoms with Crippen molar-refractivity contribution in [3.05, 3.63) is 23.8 Å². The van der Waals surface area contributed by atoms with E-state index in [0.717, 1.165) is 35.8 Å². The van der Waals surface area contributed by atoms with E-state index in [1.165, 1.54) is 25.7 Å². The fourth-order valence-electron chi connectivity index (χ4n) is 2.54. The van der Waals surface area contributed by atoms with Gasteiger partial charge in [0, 0.05) is 11.6 Å². The number of benzene rings is 1. The Hall–Kier alpha value is -1.64. The van der Waals surface area contributed by atoms with E-state index in [4.69, 9.17) is 14.2 Å². The Morgan fingerprint density at radius 3 is 2.55 bits per heavy atom. The highest BCUT2D eigenvalue weighted by Gasteiger charge is 2.23. The molecule has 1 aromatic rings. The predicted octanol–water partition coefficient (Wildman–Crippen LogP) is 5.23. The first-order chi connectivity index (χ1) is 10.6. The van der Waals surface area contributed by atoms with Gasteiger partial charge in [0.25, 0.3) is 0 Å². The van der Waals surface area contributed by atoms with Crippen LogP contribution in [0.3, 0.4) is 0 Å². The van der Waals surface area contributed by atoms with Crippen molar-refractivity contribution < 1.29 is 14.2 Å². The molecule has 2 rings (SSSR count). The molecule has 0 radical (unpaired) electrons. The first-order valence-corrected chi connectivity index (χ1v) is 8.29. The summed E-state index contributed by atoms with van der Waals surface area (Å²) in [6.45, 7) is 7.04. The first kappa shape index (κ1) is 16.7. The van der Waals surface area contributed by atoms with Gasteiger partial charge in [-0.2, -0.15) is 0 Å². The number of hydrogen-bond donors (Lipinski definition) is 0. The van der Waals surface area contributed by atoms with Gasteiger partial charge in [0.15, 0.2) is 11.5 Å². The number of ether oxygens (including phenoxy) is 3. The zero-order chi connectivity index (χ0) is 16.0. The third kappa shape index (κ3) is 4.43. The normalized spacial score (nSPS) is 15.1. The summed E-state index contributed by atoms with van der Waals surface area (Å²) >= 11 is 0. The second kappa shape index (κ2) is 7.57. The topological polar surface area (TPSA) is 27.7 Å². The number of rotatable bonds is 8. The summed E-state index contributed by atoms with van der Waals surface area (Å²) in [7, 11) is 1.67. The van der Waals surface area contributed by atoms with Gasteiger partial charge in [0.2, 0.25) is 0 Å². The van der Waals surface area contributed by atoms with E-state index < -0.39 is 0 Å². The van der Waals surface area contributed by atoms with E-state index in [-0.39, 0.29) is 5.60 Å². The van der Waals surface area contributed by atoms with Gasteiger partial charge in [-0.3, -0.25) is 0 Å². The Morgan fingerprint density at radius 2 is 1.82 bits per heavy atom. The van der Waals surface area contributed by atoms with Crippen molar-refractivity contribution in [1.82, 2.24) is 0 Å². The van der Waals surface area contributed by atoms with E-state index in [2.05, 4.69) is 19.1 Å². The molecule has 0 saturated carbocycles. The minimum atomic E-state index is -0.278. The lowest BCUT2D eigenvalue weighted by Crippen LogP contribution is -2.27. The molecule has 3 heteroatoms. The zero-order valence-electron chi connectivity index (χ0n) is 14.3. The Bertz CT molecular complexity index is 518. The van der Waals surface area contributed by atoms with Crippen LogP contribution in [-0.4, -0.2) is 19.3 Å². The van der Waals surface area contributed by atoms with Gasteiger partial charge in [-0.15, -0.1) is 0 Å². The van der Waals surface area contributed by atoms with E-state index in [1.807, 2.05) is 26.0 Å². The third-order valence-corrected chi connectivity index (χ3v) is 3.84. The monoisotopic (exact) mass is 304 g/mol. The fourth-order valence-corrected chi connectivity index (χ4v) is 2.54. The lowest BCUT2D eigenvalue weighted by molar-refractivity contribution is 0.158. The van der Waals surface area contributed by atoms with Crippen LogP contribution in [0.4, 0.5) is 0 Å². The molecular weight excluding hydrogens is 276 g/mol. The van der Waals surface area contributed by atoms with Crippen LogP contribution in [0.2, 0.25) is 0 Å². The Labute approximate surface area is 134 Å². The summed E-state index contributed by atoms with van der Waals surface area (Å²) in [6.07, 6.45) is 10.3. The molecule has 0 aliphatic carbocycles. The average Bonchev–Trinajstić information content (AvgIpc) is 2.49. The third-order valence-electron chi connectivity index (χ3n) is 3.84. The average molecular weight is 304 g/mol. The van der Waals surface area contributed by atoms with Crippen molar-refractivity contribution in [1.29, 1.82) is 0 Å². The highest BCUT2D eigenvalue weighted by Crippen LogP contribution is 2.39. The van der Waals surface area contributed by atoms with E-state index >= 15 is 0 Å².